The Labute approximate surface area is 134 Å². The van der Waals surface area contributed by atoms with E-state index in [2.05, 4.69) is 4.98 Å². The average molecular weight is 318 g/mol. The van der Waals surface area contributed by atoms with Crippen LogP contribution in [0, 0.1) is 5.82 Å². The largest absolute Gasteiger partial charge is 0.392 e. The molecular formula is C17H19FN2O3. The molecule has 0 bridgehead atoms. The molecular weight excluding hydrogens is 299 g/mol. The van der Waals surface area contributed by atoms with Gasteiger partial charge in [-0.25, -0.2) is 9.37 Å². The fourth-order valence-corrected chi connectivity index (χ4v) is 2.75. The Morgan fingerprint density at radius 2 is 2.13 bits per heavy atom. The van der Waals surface area contributed by atoms with Crippen LogP contribution in [0.2, 0.25) is 0 Å². The lowest BCUT2D eigenvalue weighted by Crippen LogP contribution is -2.51. The standard InChI is InChI=1S/C17H19FN2O3/c1-23-10-13-5-12(6-19-17(13)20-7-14(22)8-20)15-4-2-3-11(9-21)16(15)18/h2-6,14,21-22H,7-10H2,1H3. The van der Waals surface area contributed by atoms with E-state index in [0.29, 0.717) is 30.8 Å². The van der Waals surface area contributed by atoms with Gasteiger partial charge in [0.1, 0.15) is 11.6 Å². The van der Waals surface area contributed by atoms with E-state index < -0.39 is 5.82 Å². The lowest BCUT2D eigenvalue weighted by Gasteiger charge is -2.38. The van der Waals surface area contributed by atoms with Gasteiger partial charge < -0.3 is 19.8 Å². The number of nitrogens with zero attached hydrogens (tertiary/aromatic N) is 2. The first-order valence-electron chi connectivity index (χ1n) is 7.43. The zero-order valence-corrected chi connectivity index (χ0v) is 12.9. The molecule has 1 aliphatic rings. The summed E-state index contributed by atoms with van der Waals surface area (Å²) in [6, 6.07) is 6.77. The number of aliphatic hydroxyl groups excluding tert-OH is 2. The summed E-state index contributed by atoms with van der Waals surface area (Å²) in [5.74, 6) is 0.312. The highest BCUT2D eigenvalue weighted by Crippen LogP contribution is 2.30. The van der Waals surface area contributed by atoms with Crippen molar-refractivity contribution >= 4 is 5.82 Å². The van der Waals surface area contributed by atoms with Crippen molar-refractivity contribution in [1.82, 2.24) is 4.98 Å². The quantitative estimate of drug-likeness (QED) is 0.878. The molecule has 1 aliphatic heterocycles. The van der Waals surface area contributed by atoms with Crippen LogP contribution in [0.3, 0.4) is 0 Å². The normalized spacial score (nSPS) is 14.9. The highest BCUT2D eigenvalue weighted by Gasteiger charge is 2.27. The Morgan fingerprint density at radius 1 is 1.35 bits per heavy atom. The van der Waals surface area contributed by atoms with E-state index >= 15 is 0 Å². The molecule has 2 N–H and O–H groups in total. The van der Waals surface area contributed by atoms with Gasteiger partial charge >= 0.3 is 0 Å². The van der Waals surface area contributed by atoms with E-state index in [1.54, 1.807) is 31.5 Å². The zero-order valence-electron chi connectivity index (χ0n) is 12.9. The van der Waals surface area contributed by atoms with E-state index in [1.165, 1.54) is 0 Å². The van der Waals surface area contributed by atoms with Gasteiger partial charge in [-0.15, -0.1) is 0 Å². The van der Waals surface area contributed by atoms with Crippen LogP contribution in [-0.4, -0.2) is 41.5 Å². The monoisotopic (exact) mass is 318 g/mol. The highest BCUT2D eigenvalue weighted by molar-refractivity contribution is 5.67. The third-order valence-electron chi connectivity index (χ3n) is 3.96. The molecule has 1 saturated heterocycles. The number of rotatable bonds is 5. The third kappa shape index (κ3) is 3.06. The molecule has 2 aromatic rings. The van der Waals surface area contributed by atoms with Crippen molar-refractivity contribution in [2.45, 2.75) is 19.3 Å². The summed E-state index contributed by atoms with van der Waals surface area (Å²) in [7, 11) is 1.59. The maximum absolute atomic E-state index is 14.4. The second kappa shape index (κ2) is 6.62. The number of hydrogen-bond donors (Lipinski definition) is 2. The van der Waals surface area contributed by atoms with Crippen LogP contribution < -0.4 is 4.90 Å². The maximum atomic E-state index is 14.4. The van der Waals surface area contributed by atoms with E-state index in [4.69, 9.17) is 4.74 Å². The van der Waals surface area contributed by atoms with Crippen molar-refractivity contribution in [2.75, 3.05) is 25.1 Å². The molecule has 23 heavy (non-hydrogen) atoms. The molecule has 3 rings (SSSR count). The number of benzene rings is 1. The van der Waals surface area contributed by atoms with Gasteiger partial charge in [-0.1, -0.05) is 18.2 Å². The molecule has 6 heteroatoms. The predicted molar refractivity (Wildman–Crippen MR) is 84.5 cm³/mol. The van der Waals surface area contributed by atoms with Crippen molar-refractivity contribution in [3.8, 4) is 11.1 Å². The van der Waals surface area contributed by atoms with Gasteiger partial charge in [-0.2, -0.15) is 0 Å². The fraction of sp³-hybridized carbons (Fsp3) is 0.353. The summed E-state index contributed by atoms with van der Waals surface area (Å²) >= 11 is 0. The molecule has 0 amide bonds. The molecule has 0 atom stereocenters. The SMILES string of the molecule is COCc1cc(-c2cccc(CO)c2F)cnc1N1CC(O)C1. The van der Waals surface area contributed by atoms with Crippen LogP contribution in [0.5, 0.6) is 0 Å². The minimum atomic E-state index is -0.438. The van der Waals surface area contributed by atoms with E-state index in [1.807, 2.05) is 11.0 Å². The number of ether oxygens (including phenoxy) is 1. The Kier molecular flexibility index (Phi) is 4.56. The molecule has 1 fully saturated rings. The van der Waals surface area contributed by atoms with Crippen molar-refractivity contribution < 1.29 is 19.3 Å². The van der Waals surface area contributed by atoms with Crippen LogP contribution in [-0.2, 0) is 18.0 Å². The number of halogens is 1. The molecule has 0 saturated carbocycles. The maximum Gasteiger partial charge on any atom is 0.136 e. The number of aromatic nitrogens is 1. The summed E-state index contributed by atoms with van der Waals surface area (Å²) in [6.45, 7) is 1.08. The topological polar surface area (TPSA) is 65.8 Å². The van der Waals surface area contributed by atoms with Gasteiger partial charge in [-0.3, -0.25) is 0 Å². The van der Waals surface area contributed by atoms with Crippen LogP contribution >= 0.6 is 0 Å². The third-order valence-corrected chi connectivity index (χ3v) is 3.96. The Balaban J connectivity index is 1.99. The van der Waals surface area contributed by atoms with Gasteiger partial charge in [0.25, 0.3) is 0 Å². The van der Waals surface area contributed by atoms with Crippen LogP contribution in [0.15, 0.2) is 30.5 Å². The lowest BCUT2D eigenvalue weighted by molar-refractivity contribution is 0.140. The smallest absolute Gasteiger partial charge is 0.136 e. The van der Waals surface area contributed by atoms with Crippen molar-refractivity contribution in [3.05, 3.63) is 47.4 Å². The molecule has 0 unspecified atom stereocenters. The predicted octanol–water partition coefficient (Wildman–Crippen LogP) is 1.71. The number of methoxy groups -OCH3 is 1. The zero-order chi connectivity index (χ0) is 16.4. The summed E-state index contributed by atoms with van der Waals surface area (Å²) in [5.41, 5.74) is 2.13. The molecule has 0 aliphatic carbocycles. The first kappa shape index (κ1) is 15.9. The lowest BCUT2D eigenvalue weighted by atomic mass is 10.0. The van der Waals surface area contributed by atoms with Gasteiger partial charge in [0.05, 0.1) is 19.3 Å². The first-order valence-corrected chi connectivity index (χ1v) is 7.43. The Hall–Kier alpha value is -2.02. The summed E-state index contributed by atoms with van der Waals surface area (Å²) in [5, 5.41) is 18.7. The number of aliphatic hydroxyl groups is 2. The van der Waals surface area contributed by atoms with Crippen molar-refractivity contribution in [3.63, 3.8) is 0 Å². The molecule has 1 aromatic carbocycles. The highest BCUT2D eigenvalue weighted by atomic mass is 19.1. The number of hydrogen-bond acceptors (Lipinski definition) is 5. The van der Waals surface area contributed by atoms with E-state index in [-0.39, 0.29) is 18.3 Å². The molecule has 1 aromatic heterocycles. The molecule has 0 radical (unpaired) electrons. The number of anilines is 1. The van der Waals surface area contributed by atoms with Crippen LogP contribution in [0.1, 0.15) is 11.1 Å². The number of pyridine rings is 1. The summed E-state index contributed by atoms with van der Waals surface area (Å²) in [4.78, 5) is 6.39. The van der Waals surface area contributed by atoms with Crippen LogP contribution in [0.4, 0.5) is 10.2 Å². The van der Waals surface area contributed by atoms with Gasteiger partial charge in [0.15, 0.2) is 0 Å². The molecule has 122 valence electrons. The average Bonchev–Trinajstić information content (AvgIpc) is 2.53. The van der Waals surface area contributed by atoms with Crippen LogP contribution in [0.25, 0.3) is 11.1 Å². The Bertz CT molecular complexity index is 702. The first-order chi connectivity index (χ1) is 11.1. The number of β-amino-alcohol motifs (C(OH)–C–C–N with tert-alkyl or cyclic N) is 1. The van der Waals surface area contributed by atoms with Gasteiger partial charge in [0.2, 0.25) is 0 Å². The molecule has 0 spiro atoms. The fourth-order valence-electron chi connectivity index (χ4n) is 2.75. The molecule has 5 nitrogen and oxygen atoms in total. The minimum Gasteiger partial charge on any atom is -0.392 e. The van der Waals surface area contributed by atoms with Crippen molar-refractivity contribution in [2.24, 2.45) is 0 Å². The summed E-state index contributed by atoms with van der Waals surface area (Å²) < 4.78 is 19.6. The Morgan fingerprint density at radius 3 is 2.78 bits per heavy atom. The van der Waals surface area contributed by atoms with Gasteiger partial charge in [0, 0.05) is 48.6 Å². The molecule has 2 heterocycles. The summed E-state index contributed by atoms with van der Waals surface area (Å²) in [6.07, 6.45) is 1.28. The second-order valence-electron chi connectivity index (χ2n) is 5.64. The van der Waals surface area contributed by atoms with Crippen molar-refractivity contribution in [1.29, 1.82) is 0 Å². The van der Waals surface area contributed by atoms with E-state index in [9.17, 15) is 14.6 Å². The van der Waals surface area contributed by atoms with E-state index in [0.717, 1.165) is 11.4 Å². The second-order valence-corrected chi connectivity index (χ2v) is 5.64. The minimum absolute atomic E-state index is 0.255. The van der Waals surface area contributed by atoms with Gasteiger partial charge in [-0.05, 0) is 6.07 Å².